The summed E-state index contributed by atoms with van der Waals surface area (Å²) < 4.78 is 5.90. The van der Waals surface area contributed by atoms with Gasteiger partial charge in [-0.3, -0.25) is 9.69 Å². The van der Waals surface area contributed by atoms with Crippen LogP contribution in [0.3, 0.4) is 0 Å². The molecule has 80 valence electrons. The molecular weight excluding hydrogens is 230 g/mol. The van der Waals surface area contributed by atoms with Crippen molar-refractivity contribution in [1.29, 1.82) is 0 Å². The molecule has 2 rings (SSSR count). The number of thioether (sulfide) groups is 1. The SMILES string of the molecule is CCN1C(=O)C(Cc2ccco2)SC1=S. The number of carbonyl (C=O) groups excluding carboxylic acids is 1. The molecule has 2 heterocycles. The molecule has 0 spiro atoms. The van der Waals surface area contributed by atoms with Crippen molar-refractivity contribution in [3.05, 3.63) is 24.2 Å². The maximum atomic E-state index is 11.8. The van der Waals surface area contributed by atoms with Crippen LogP contribution in [0.2, 0.25) is 0 Å². The fraction of sp³-hybridized carbons (Fsp3) is 0.400. The second-order valence-electron chi connectivity index (χ2n) is 3.24. The van der Waals surface area contributed by atoms with Crippen LogP contribution >= 0.6 is 24.0 Å². The van der Waals surface area contributed by atoms with Crippen molar-refractivity contribution in [2.45, 2.75) is 18.6 Å². The van der Waals surface area contributed by atoms with Crippen molar-refractivity contribution < 1.29 is 9.21 Å². The predicted molar refractivity (Wildman–Crippen MR) is 63.8 cm³/mol. The zero-order valence-corrected chi connectivity index (χ0v) is 9.94. The van der Waals surface area contributed by atoms with E-state index in [1.165, 1.54) is 11.8 Å². The first-order valence-corrected chi connectivity index (χ1v) is 6.05. The number of thiocarbonyl (C=S) groups is 1. The number of carbonyl (C=O) groups is 1. The molecule has 5 heteroatoms. The Morgan fingerprint density at radius 1 is 1.67 bits per heavy atom. The van der Waals surface area contributed by atoms with E-state index in [2.05, 4.69) is 0 Å². The van der Waals surface area contributed by atoms with E-state index in [1.807, 2.05) is 19.1 Å². The highest BCUT2D eigenvalue weighted by atomic mass is 32.2. The van der Waals surface area contributed by atoms with Gasteiger partial charge in [0.05, 0.1) is 11.5 Å². The van der Waals surface area contributed by atoms with Crippen LogP contribution in [0.5, 0.6) is 0 Å². The van der Waals surface area contributed by atoms with Gasteiger partial charge in [0.15, 0.2) is 0 Å². The predicted octanol–water partition coefficient (Wildman–Crippen LogP) is 2.07. The zero-order valence-electron chi connectivity index (χ0n) is 8.30. The van der Waals surface area contributed by atoms with E-state index in [0.29, 0.717) is 17.3 Å². The highest BCUT2D eigenvalue weighted by molar-refractivity contribution is 8.24. The molecule has 1 aliphatic rings. The van der Waals surface area contributed by atoms with E-state index in [0.717, 1.165) is 5.76 Å². The zero-order chi connectivity index (χ0) is 10.8. The molecule has 0 aromatic carbocycles. The Bertz CT molecular complexity index is 375. The molecule has 1 unspecified atom stereocenters. The monoisotopic (exact) mass is 241 g/mol. The average Bonchev–Trinajstić information content (AvgIpc) is 2.78. The lowest BCUT2D eigenvalue weighted by Crippen LogP contribution is -2.31. The summed E-state index contributed by atoms with van der Waals surface area (Å²) in [7, 11) is 0. The highest BCUT2D eigenvalue weighted by Gasteiger charge is 2.36. The van der Waals surface area contributed by atoms with E-state index >= 15 is 0 Å². The van der Waals surface area contributed by atoms with Gasteiger partial charge < -0.3 is 4.42 Å². The summed E-state index contributed by atoms with van der Waals surface area (Å²) in [4.78, 5) is 13.5. The maximum Gasteiger partial charge on any atom is 0.242 e. The third-order valence-corrected chi connectivity index (χ3v) is 3.87. The van der Waals surface area contributed by atoms with Gasteiger partial charge >= 0.3 is 0 Å². The molecular formula is C10H11NO2S2. The van der Waals surface area contributed by atoms with Crippen LogP contribution in [0.4, 0.5) is 0 Å². The van der Waals surface area contributed by atoms with Gasteiger partial charge in [0, 0.05) is 13.0 Å². The van der Waals surface area contributed by atoms with Crippen LogP contribution in [-0.2, 0) is 11.2 Å². The molecule has 0 bridgehead atoms. The van der Waals surface area contributed by atoms with Gasteiger partial charge in [-0.2, -0.15) is 0 Å². The number of hydrogen-bond acceptors (Lipinski definition) is 4. The topological polar surface area (TPSA) is 33.5 Å². The minimum Gasteiger partial charge on any atom is -0.469 e. The second kappa shape index (κ2) is 4.37. The van der Waals surface area contributed by atoms with E-state index in [1.54, 1.807) is 11.2 Å². The minimum atomic E-state index is -0.108. The quantitative estimate of drug-likeness (QED) is 0.759. The van der Waals surface area contributed by atoms with Gasteiger partial charge in [-0.25, -0.2) is 0 Å². The smallest absolute Gasteiger partial charge is 0.242 e. The van der Waals surface area contributed by atoms with Crippen LogP contribution < -0.4 is 0 Å². The third-order valence-electron chi connectivity index (χ3n) is 2.29. The van der Waals surface area contributed by atoms with E-state index in [4.69, 9.17) is 16.6 Å². The largest absolute Gasteiger partial charge is 0.469 e. The molecule has 1 saturated heterocycles. The fourth-order valence-corrected chi connectivity index (χ4v) is 3.16. The van der Waals surface area contributed by atoms with Crippen molar-refractivity contribution in [2.75, 3.05) is 6.54 Å². The molecule has 0 saturated carbocycles. The summed E-state index contributed by atoms with van der Waals surface area (Å²) in [5.74, 6) is 0.936. The molecule has 0 aliphatic carbocycles. The maximum absolute atomic E-state index is 11.8. The van der Waals surface area contributed by atoms with Crippen LogP contribution in [0, 0.1) is 0 Å². The third kappa shape index (κ3) is 2.08. The van der Waals surface area contributed by atoms with Crippen molar-refractivity contribution >= 4 is 34.2 Å². The lowest BCUT2D eigenvalue weighted by atomic mass is 10.2. The Balaban J connectivity index is 2.06. The number of amides is 1. The first kappa shape index (κ1) is 10.7. The summed E-state index contributed by atoms with van der Waals surface area (Å²) >= 11 is 6.58. The first-order valence-electron chi connectivity index (χ1n) is 4.76. The minimum absolute atomic E-state index is 0.101. The first-order chi connectivity index (χ1) is 7.22. The molecule has 1 aromatic rings. The Kier molecular flexibility index (Phi) is 3.11. The van der Waals surface area contributed by atoms with E-state index in [-0.39, 0.29) is 11.2 Å². The summed E-state index contributed by atoms with van der Waals surface area (Å²) in [5.41, 5.74) is 0. The van der Waals surface area contributed by atoms with Gasteiger partial charge in [-0.15, -0.1) is 0 Å². The number of furan rings is 1. The van der Waals surface area contributed by atoms with Crippen LogP contribution in [-0.4, -0.2) is 26.9 Å². The molecule has 3 nitrogen and oxygen atoms in total. The van der Waals surface area contributed by atoms with Gasteiger partial charge in [0.1, 0.15) is 10.1 Å². The summed E-state index contributed by atoms with van der Waals surface area (Å²) in [6.45, 7) is 2.58. The van der Waals surface area contributed by atoms with Crippen molar-refractivity contribution in [3.63, 3.8) is 0 Å². The van der Waals surface area contributed by atoms with Crippen molar-refractivity contribution in [1.82, 2.24) is 4.90 Å². The summed E-state index contributed by atoms with van der Waals surface area (Å²) in [6.07, 6.45) is 2.24. The standard InChI is InChI=1S/C10H11NO2S2/c1-2-11-9(12)8(15-10(11)14)6-7-4-3-5-13-7/h3-5,8H,2,6H2,1H3. The van der Waals surface area contributed by atoms with Gasteiger partial charge in [0.25, 0.3) is 0 Å². The molecule has 1 amide bonds. The summed E-state index contributed by atoms with van der Waals surface area (Å²) in [6, 6.07) is 3.71. The molecule has 1 aromatic heterocycles. The fourth-order valence-electron chi connectivity index (χ4n) is 1.52. The second-order valence-corrected chi connectivity index (χ2v) is 5.07. The number of nitrogens with zero attached hydrogens (tertiary/aromatic N) is 1. The molecule has 1 atom stereocenters. The lowest BCUT2D eigenvalue weighted by Gasteiger charge is -2.11. The number of hydrogen-bond donors (Lipinski definition) is 0. The molecule has 0 radical (unpaired) electrons. The average molecular weight is 241 g/mol. The highest BCUT2D eigenvalue weighted by Crippen LogP contribution is 2.29. The van der Waals surface area contributed by atoms with Gasteiger partial charge in [0.2, 0.25) is 5.91 Å². The van der Waals surface area contributed by atoms with Crippen molar-refractivity contribution in [3.8, 4) is 0 Å². The normalized spacial score (nSPS) is 21.4. The van der Waals surface area contributed by atoms with E-state index in [9.17, 15) is 4.79 Å². The van der Waals surface area contributed by atoms with Crippen LogP contribution in [0.15, 0.2) is 22.8 Å². The number of rotatable bonds is 3. The Morgan fingerprint density at radius 3 is 3.00 bits per heavy atom. The van der Waals surface area contributed by atoms with Crippen LogP contribution in [0.25, 0.3) is 0 Å². The van der Waals surface area contributed by atoms with Crippen LogP contribution in [0.1, 0.15) is 12.7 Å². The lowest BCUT2D eigenvalue weighted by molar-refractivity contribution is -0.125. The Morgan fingerprint density at radius 2 is 2.47 bits per heavy atom. The summed E-state index contributed by atoms with van der Waals surface area (Å²) in [5, 5.41) is -0.108. The molecule has 15 heavy (non-hydrogen) atoms. The van der Waals surface area contributed by atoms with Crippen molar-refractivity contribution in [2.24, 2.45) is 0 Å². The van der Waals surface area contributed by atoms with Gasteiger partial charge in [-0.1, -0.05) is 24.0 Å². The molecule has 1 fully saturated rings. The van der Waals surface area contributed by atoms with Gasteiger partial charge in [-0.05, 0) is 19.1 Å². The molecule has 1 aliphatic heterocycles. The Labute approximate surface area is 97.8 Å². The van der Waals surface area contributed by atoms with E-state index < -0.39 is 0 Å². The molecule has 0 N–H and O–H groups in total. The Hall–Kier alpha value is -0.810.